The minimum Gasteiger partial charge on any atom is -0.309 e. The predicted octanol–water partition coefficient (Wildman–Crippen LogP) is 2.31. The van der Waals surface area contributed by atoms with E-state index in [4.69, 9.17) is 9.05 Å². The fraction of sp³-hybridized carbons (Fsp3) is 1.00. The van der Waals surface area contributed by atoms with E-state index in [1.54, 1.807) is 0 Å². The van der Waals surface area contributed by atoms with E-state index >= 15 is 0 Å². The van der Waals surface area contributed by atoms with Crippen molar-refractivity contribution in [3.05, 3.63) is 0 Å². The Kier molecular flexibility index (Phi) is 5.10. The maximum absolute atomic E-state index is 11.9. The van der Waals surface area contributed by atoms with Gasteiger partial charge in [0, 0.05) is 19.3 Å². The molecule has 0 N–H and O–H groups in total. The van der Waals surface area contributed by atoms with Crippen molar-refractivity contribution in [2.45, 2.75) is 26.7 Å². The fourth-order valence-corrected chi connectivity index (χ4v) is 2.67. The molecule has 0 aromatic heterocycles. The Morgan fingerprint density at radius 2 is 1.86 bits per heavy atom. The molecule has 0 aliphatic carbocycles. The minimum atomic E-state index is -2.79. The van der Waals surface area contributed by atoms with Crippen LogP contribution in [0.25, 0.3) is 0 Å². The highest BCUT2D eigenvalue weighted by Crippen LogP contribution is 2.47. The lowest BCUT2D eigenvalue weighted by molar-refractivity contribution is 0.122. The second-order valence-corrected chi connectivity index (χ2v) is 5.80. The van der Waals surface area contributed by atoms with Gasteiger partial charge in [0.2, 0.25) is 0 Å². The average Bonchev–Trinajstić information content (AvgIpc) is 2.68. The van der Waals surface area contributed by atoms with Crippen LogP contribution in [0, 0.1) is 0 Å². The molecule has 14 heavy (non-hydrogen) atoms. The summed E-state index contributed by atoms with van der Waals surface area (Å²) in [6.45, 7) is 6.67. The Hall–Kier alpha value is 0.110. The van der Waals surface area contributed by atoms with Gasteiger partial charge in [-0.15, -0.1) is 0 Å². The molecule has 0 bridgehead atoms. The molecule has 0 aromatic carbocycles. The number of hydrogen-bond donors (Lipinski definition) is 0. The quantitative estimate of drug-likeness (QED) is 0.645. The molecule has 1 aliphatic rings. The Balaban J connectivity index is 2.29. The van der Waals surface area contributed by atoms with Gasteiger partial charge in [0.05, 0.1) is 6.61 Å². The lowest BCUT2D eigenvalue weighted by atomic mass is 10.4. The van der Waals surface area contributed by atoms with Gasteiger partial charge in [-0.25, -0.2) is 0 Å². The second kappa shape index (κ2) is 5.86. The van der Waals surface area contributed by atoms with Crippen molar-refractivity contribution in [2.75, 3.05) is 32.6 Å². The van der Waals surface area contributed by atoms with Gasteiger partial charge in [0.15, 0.2) is 0 Å². The molecule has 1 rings (SSSR count). The van der Waals surface area contributed by atoms with Crippen LogP contribution in [-0.4, -0.2) is 37.5 Å². The fourth-order valence-electron chi connectivity index (χ4n) is 1.50. The van der Waals surface area contributed by atoms with Crippen LogP contribution in [-0.2, 0) is 13.6 Å². The van der Waals surface area contributed by atoms with Crippen LogP contribution < -0.4 is 0 Å². The number of likely N-dealkylation sites (tertiary alicyclic amines) is 1. The van der Waals surface area contributed by atoms with Crippen LogP contribution in [0.3, 0.4) is 0 Å². The largest absolute Gasteiger partial charge is 0.331 e. The number of hydrogen-bond acceptors (Lipinski definition) is 4. The van der Waals surface area contributed by atoms with Gasteiger partial charge in [-0.05, 0) is 19.8 Å². The smallest absolute Gasteiger partial charge is 0.309 e. The van der Waals surface area contributed by atoms with Crippen molar-refractivity contribution in [3.8, 4) is 0 Å². The summed E-state index contributed by atoms with van der Waals surface area (Å²) < 4.78 is 22.4. The summed E-state index contributed by atoms with van der Waals surface area (Å²) in [5, 5.41) is 0. The van der Waals surface area contributed by atoms with Gasteiger partial charge in [-0.2, -0.15) is 0 Å². The van der Waals surface area contributed by atoms with Gasteiger partial charge in [-0.3, -0.25) is 14.0 Å². The molecule has 1 aliphatic heterocycles. The van der Waals surface area contributed by atoms with Gasteiger partial charge in [-0.1, -0.05) is 6.92 Å². The van der Waals surface area contributed by atoms with E-state index in [1.165, 1.54) is 12.8 Å². The third-order valence-electron chi connectivity index (χ3n) is 2.35. The maximum atomic E-state index is 11.9. The lowest BCUT2D eigenvalue weighted by Crippen LogP contribution is -2.22. The van der Waals surface area contributed by atoms with Crippen molar-refractivity contribution in [2.24, 2.45) is 0 Å². The van der Waals surface area contributed by atoms with E-state index in [-0.39, 0.29) is 0 Å². The van der Waals surface area contributed by atoms with Crippen molar-refractivity contribution in [3.63, 3.8) is 0 Å². The van der Waals surface area contributed by atoms with E-state index in [0.29, 0.717) is 19.5 Å². The van der Waals surface area contributed by atoms with E-state index < -0.39 is 7.60 Å². The summed E-state index contributed by atoms with van der Waals surface area (Å²) in [6, 6.07) is 0. The molecule has 5 heteroatoms. The molecular formula is C9H20NO3P. The SMILES string of the molecule is CCOP(=O)(CC)OCN1CCCC1. The molecule has 1 atom stereocenters. The molecule has 1 saturated heterocycles. The van der Waals surface area contributed by atoms with E-state index in [1.807, 2.05) is 13.8 Å². The van der Waals surface area contributed by atoms with Crippen molar-refractivity contribution >= 4 is 7.60 Å². The molecule has 0 spiro atoms. The maximum Gasteiger partial charge on any atom is 0.331 e. The molecule has 0 radical (unpaired) electrons. The van der Waals surface area contributed by atoms with E-state index in [2.05, 4.69) is 4.90 Å². The molecule has 0 saturated carbocycles. The van der Waals surface area contributed by atoms with Crippen LogP contribution >= 0.6 is 7.60 Å². The summed E-state index contributed by atoms with van der Waals surface area (Å²) in [4.78, 5) is 2.17. The van der Waals surface area contributed by atoms with Gasteiger partial charge < -0.3 is 4.52 Å². The third kappa shape index (κ3) is 3.70. The lowest BCUT2D eigenvalue weighted by Gasteiger charge is -2.20. The first-order chi connectivity index (χ1) is 6.70. The summed E-state index contributed by atoms with van der Waals surface area (Å²) in [5.74, 6) is 0. The Bertz CT molecular complexity index is 204. The number of rotatable bonds is 6. The molecule has 1 fully saturated rings. The molecule has 1 heterocycles. The van der Waals surface area contributed by atoms with Crippen LogP contribution in [0.5, 0.6) is 0 Å². The molecule has 84 valence electrons. The summed E-state index contributed by atoms with van der Waals surface area (Å²) >= 11 is 0. The normalized spacial score (nSPS) is 22.4. The Morgan fingerprint density at radius 1 is 1.21 bits per heavy atom. The molecule has 1 unspecified atom stereocenters. The highest BCUT2D eigenvalue weighted by atomic mass is 31.2. The number of nitrogens with zero attached hydrogens (tertiary/aromatic N) is 1. The van der Waals surface area contributed by atoms with Gasteiger partial charge in [0.25, 0.3) is 0 Å². The van der Waals surface area contributed by atoms with Gasteiger partial charge >= 0.3 is 7.60 Å². The predicted molar refractivity (Wildman–Crippen MR) is 56.5 cm³/mol. The molecule has 0 amide bonds. The monoisotopic (exact) mass is 221 g/mol. The highest BCUT2D eigenvalue weighted by molar-refractivity contribution is 7.53. The zero-order chi connectivity index (χ0) is 10.4. The topological polar surface area (TPSA) is 38.8 Å². The standard InChI is InChI=1S/C9H20NO3P/c1-3-12-14(11,4-2)13-9-10-7-5-6-8-10/h3-9H2,1-2H3. The van der Waals surface area contributed by atoms with Crippen LogP contribution in [0.4, 0.5) is 0 Å². The third-order valence-corrected chi connectivity index (χ3v) is 4.28. The zero-order valence-corrected chi connectivity index (χ0v) is 9.96. The van der Waals surface area contributed by atoms with Crippen molar-refractivity contribution < 1.29 is 13.6 Å². The average molecular weight is 221 g/mol. The van der Waals surface area contributed by atoms with Crippen LogP contribution in [0.1, 0.15) is 26.7 Å². The second-order valence-electron chi connectivity index (χ2n) is 3.43. The summed E-state index contributed by atoms with van der Waals surface area (Å²) in [7, 11) is -2.79. The summed E-state index contributed by atoms with van der Waals surface area (Å²) in [5.41, 5.74) is 0. The first-order valence-corrected chi connectivity index (χ1v) is 7.03. The first kappa shape index (κ1) is 12.2. The zero-order valence-electron chi connectivity index (χ0n) is 9.07. The van der Waals surface area contributed by atoms with E-state index in [0.717, 1.165) is 13.1 Å². The Labute approximate surface area is 86.1 Å². The van der Waals surface area contributed by atoms with Crippen molar-refractivity contribution in [1.82, 2.24) is 4.90 Å². The summed E-state index contributed by atoms with van der Waals surface area (Å²) in [6.07, 6.45) is 2.89. The molecular weight excluding hydrogens is 201 g/mol. The van der Waals surface area contributed by atoms with Crippen LogP contribution in [0.2, 0.25) is 0 Å². The van der Waals surface area contributed by atoms with E-state index in [9.17, 15) is 4.57 Å². The van der Waals surface area contributed by atoms with Gasteiger partial charge in [0.1, 0.15) is 6.73 Å². The minimum absolute atomic E-state index is 0.450. The first-order valence-electron chi connectivity index (χ1n) is 5.30. The highest BCUT2D eigenvalue weighted by Gasteiger charge is 2.23. The van der Waals surface area contributed by atoms with Crippen LogP contribution in [0.15, 0.2) is 0 Å². The molecule has 0 aromatic rings. The molecule has 4 nitrogen and oxygen atoms in total. The Morgan fingerprint density at radius 3 is 2.36 bits per heavy atom. The van der Waals surface area contributed by atoms with Crippen molar-refractivity contribution in [1.29, 1.82) is 0 Å².